The van der Waals surface area contributed by atoms with Gasteiger partial charge in [-0.2, -0.15) is 0 Å². The average Bonchev–Trinajstić information content (AvgIpc) is 3.09. The van der Waals surface area contributed by atoms with Gasteiger partial charge in [0.25, 0.3) is 11.5 Å². The van der Waals surface area contributed by atoms with E-state index in [1.165, 1.54) is 10.9 Å². The third kappa shape index (κ3) is 2.81. The van der Waals surface area contributed by atoms with Gasteiger partial charge in [0.05, 0.1) is 29.8 Å². The number of amides is 1. The van der Waals surface area contributed by atoms with Crippen LogP contribution in [0.15, 0.2) is 29.3 Å². The number of carbonyl (C=O) groups excluding carboxylic acids is 1. The molecule has 0 radical (unpaired) electrons. The van der Waals surface area contributed by atoms with Crippen molar-refractivity contribution in [3.63, 3.8) is 0 Å². The van der Waals surface area contributed by atoms with Crippen molar-refractivity contribution in [3.8, 4) is 0 Å². The van der Waals surface area contributed by atoms with E-state index >= 15 is 0 Å². The van der Waals surface area contributed by atoms with E-state index in [-0.39, 0.29) is 23.4 Å². The first-order valence-electron chi connectivity index (χ1n) is 9.05. The van der Waals surface area contributed by atoms with E-state index in [4.69, 9.17) is 0 Å². The van der Waals surface area contributed by atoms with E-state index < -0.39 is 0 Å². The van der Waals surface area contributed by atoms with Gasteiger partial charge >= 0.3 is 0 Å². The largest absolute Gasteiger partial charge is 0.329 e. The van der Waals surface area contributed by atoms with Gasteiger partial charge in [0.1, 0.15) is 5.82 Å². The fourth-order valence-corrected chi connectivity index (χ4v) is 3.64. The summed E-state index contributed by atoms with van der Waals surface area (Å²) in [5.74, 6) is 1.95. The fourth-order valence-electron chi connectivity index (χ4n) is 3.64. The molecule has 1 aromatic carbocycles. The molecule has 8 nitrogen and oxygen atoms in total. The highest BCUT2D eigenvalue weighted by Gasteiger charge is 2.30. The number of benzene rings is 1. The van der Waals surface area contributed by atoms with Crippen LogP contribution in [0.1, 0.15) is 54.7 Å². The predicted molar refractivity (Wildman–Crippen MR) is 101 cm³/mol. The quantitative estimate of drug-likeness (QED) is 0.691. The molecule has 2 aromatic heterocycles. The van der Waals surface area contributed by atoms with Crippen LogP contribution in [0.3, 0.4) is 0 Å². The summed E-state index contributed by atoms with van der Waals surface area (Å²) in [5.41, 5.74) is 0.923. The molecule has 3 aromatic rings. The molecule has 0 spiro atoms. The summed E-state index contributed by atoms with van der Waals surface area (Å²) in [6.45, 7) is 7.27. The van der Waals surface area contributed by atoms with Crippen LogP contribution in [0.4, 0.5) is 0 Å². The van der Waals surface area contributed by atoms with Gasteiger partial charge in [0.2, 0.25) is 0 Å². The van der Waals surface area contributed by atoms with Gasteiger partial charge in [-0.3, -0.25) is 9.59 Å². The average molecular weight is 366 g/mol. The lowest BCUT2D eigenvalue weighted by atomic mass is 10.1. The molecule has 140 valence electrons. The number of hydrogen-bond donors (Lipinski definition) is 0. The maximum Gasteiger partial charge on any atom is 0.260 e. The molecule has 1 atom stereocenters. The zero-order valence-electron chi connectivity index (χ0n) is 15.9. The number of nitrogens with zero attached hydrogens (tertiary/aromatic N) is 6. The van der Waals surface area contributed by atoms with E-state index in [9.17, 15) is 9.59 Å². The summed E-state index contributed by atoms with van der Waals surface area (Å²) in [6, 6.07) is 5.15. The molecule has 4 rings (SSSR count). The van der Waals surface area contributed by atoms with E-state index in [0.29, 0.717) is 29.6 Å². The van der Waals surface area contributed by atoms with E-state index in [1.54, 1.807) is 30.1 Å². The Morgan fingerprint density at radius 2 is 2.04 bits per heavy atom. The van der Waals surface area contributed by atoms with Crippen LogP contribution in [0.2, 0.25) is 0 Å². The first kappa shape index (κ1) is 17.4. The van der Waals surface area contributed by atoms with Crippen molar-refractivity contribution in [1.82, 2.24) is 29.2 Å². The number of hydrogen-bond acceptors (Lipinski definition) is 5. The SMILES string of the molecule is CC(C)c1nnc2n1[C@@H](C)CN(C(=O)c1ccc3c(=O)n(C)cnc3c1)C2. The van der Waals surface area contributed by atoms with E-state index in [0.717, 1.165) is 11.6 Å². The molecule has 0 aliphatic carbocycles. The van der Waals surface area contributed by atoms with Gasteiger partial charge in [-0.05, 0) is 25.1 Å². The fraction of sp³-hybridized carbons (Fsp3) is 0.421. The predicted octanol–water partition coefficient (Wildman–Crippen LogP) is 1.87. The molecule has 0 N–H and O–H groups in total. The van der Waals surface area contributed by atoms with Crippen molar-refractivity contribution in [2.45, 2.75) is 39.3 Å². The Balaban J connectivity index is 1.66. The Bertz CT molecular complexity index is 1100. The summed E-state index contributed by atoms with van der Waals surface area (Å²) in [4.78, 5) is 31.3. The van der Waals surface area contributed by atoms with Crippen molar-refractivity contribution in [3.05, 3.63) is 52.1 Å². The maximum absolute atomic E-state index is 13.0. The van der Waals surface area contributed by atoms with Crippen molar-refractivity contribution >= 4 is 16.8 Å². The van der Waals surface area contributed by atoms with Crippen LogP contribution < -0.4 is 5.56 Å². The summed E-state index contributed by atoms with van der Waals surface area (Å²) in [6.07, 6.45) is 1.47. The normalized spacial score (nSPS) is 16.8. The zero-order chi connectivity index (χ0) is 19.3. The molecule has 3 heterocycles. The number of aromatic nitrogens is 5. The minimum absolute atomic E-state index is 0.0911. The third-order valence-electron chi connectivity index (χ3n) is 5.02. The lowest BCUT2D eigenvalue weighted by Crippen LogP contribution is -2.40. The summed E-state index contributed by atoms with van der Waals surface area (Å²) < 4.78 is 3.56. The molecule has 8 heteroatoms. The molecule has 0 saturated carbocycles. The molecule has 1 aliphatic rings. The van der Waals surface area contributed by atoms with Gasteiger partial charge in [0.15, 0.2) is 5.82 Å². The highest BCUT2D eigenvalue weighted by atomic mass is 16.2. The van der Waals surface area contributed by atoms with E-state index in [1.807, 2.05) is 0 Å². The number of aryl methyl sites for hydroxylation is 1. The number of carbonyl (C=O) groups is 1. The lowest BCUT2D eigenvalue weighted by Gasteiger charge is -2.33. The molecular formula is C19H22N6O2. The first-order valence-corrected chi connectivity index (χ1v) is 9.05. The molecule has 1 aliphatic heterocycles. The summed E-state index contributed by atoms with van der Waals surface area (Å²) in [5, 5.41) is 9.09. The Morgan fingerprint density at radius 1 is 1.26 bits per heavy atom. The maximum atomic E-state index is 13.0. The van der Waals surface area contributed by atoms with Gasteiger partial charge in [-0.25, -0.2) is 4.98 Å². The lowest BCUT2D eigenvalue weighted by molar-refractivity contribution is 0.0679. The molecule has 0 fully saturated rings. The standard InChI is InChI=1S/C19H22N6O2/c1-11(2)17-22-21-16-9-24(8-12(3)25(16)17)18(26)13-5-6-14-15(7-13)20-10-23(4)19(14)27/h5-7,10-12H,8-9H2,1-4H3/t12-/m0/s1. The second-order valence-electron chi connectivity index (χ2n) is 7.43. The first-order chi connectivity index (χ1) is 12.9. The van der Waals surface area contributed by atoms with Crippen LogP contribution in [0, 0.1) is 0 Å². The molecule has 0 saturated heterocycles. The Labute approximate surface area is 156 Å². The molecule has 1 amide bonds. The highest BCUT2D eigenvalue weighted by Crippen LogP contribution is 2.26. The van der Waals surface area contributed by atoms with Crippen LogP contribution in [-0.2, 0) is 13.6 Å². The van der Waals surface area contributed by atoms with Crippen LogP contribution in [-0.4, -0.2) is 41.7 Å². The number of rotatable bonds is 2. The summed E-state index contributed by atoms with van der Waals surface area (Å²) in [7, 11) is 1.66. The zero-order valence-corrected chi connectivity index (χ0v) is 15.9. The summed E-state index contributed by atoms with van der Waals surface area (Å²) >= 11 is 0. The second-order valence-corrected chi connectivity index (χ2v) is 7.43. The van der Waals surface area contributed by atoms with E-state index in [2.05, 4.69) is 40.5 Å². The van der Waals surface area contributed by atoms with Crippen LogP contribution in [0.25, 0.3) is 10.9 Å². The van der Waals surface area contributed by atoms with Crippen LogP contribution >= 0.6 is 0 Å². The van der Waals surface area contributed by atoms with Gasteiger partial charge < -0.3 is 14.0 Å². The second kappa shape index (κ2) is 6.29. The smallest absolute Gasteiger partial charge is 0.260 e. The Kier molecular flexibility index (Phi) is 4.05. The molecule has 27 heavy (non-hydrogen) atoms. The minimum atomic E-state index is -0.125. The molecule has 0 unspecified atom stereocenters. The van der Waals surface area contributed by atoms with Gasteiger partial charge in [-0.1, -0.05) is 13.8 Å². The Morgan fingerprint density at radius 3 is 2.78 bits per heavy atom. The third-order valence-corrected chi connectivity index (χ3v) is 5.02. The minimum Gasteiger partial charge on any atom is -0.329 e. The Hall–Kier alpha value is -3.03. The van der Waals surface area contributed by atoms with Gasteiger partial charge in [-0.15, -0.1) is 10.2 Å². The van der Waals surface area contributed by atoms with Crippen molar-refractivity contribution in [1.29, 1.82) is 0 Å². The van der Waals surface area contributed by atoms with Crippen molar-refractivity contribution in [2.75, 3.05) is 6.54 Å². The highest BCUT2D eigenvalue weighted by molar-refractivity contribution is 5.97. The molecule has 0 bridgehead atoms. The monoisotopic (exact) mass is 366 g/mol. The van der Waals surface area contributed by atoms with Gasteiger partial charge in [0, 0.05) is 25.1 Å². The topological polar surface area (TPSA) is 85.9 Å². The molecular weight excluding hydrogens is 344 g/mol. The van der Waals surface area contributed by atoms with Crippen LogP contribution in [0.5, 0.6) is 0 Å². The number of fused-ring (bicyclic) bond motifs is 2. The van der Waals surface area contributed by atoms with Crippen molar-refractivity contribution in [2.24, 2.45) is 7.05 Å². The van der Waals surface area contributed by atoms with Crippen molar-refractivity contribution < 1.29 is 4.79 Å².